The predicted octanol–water partition coefficient (Wildman–Crippen LogP) is 3.43. The van der Waals surface area contributed by atoms with Gasteiger partial charge in [-0.05, 0) is 29.3 Å². The van der Waals surface area contributed by atoms with Crippen LogP contribution in [0.1, 0.15) is 17.2 Å². The van der Waals surface area contributed by atoms with Crippen LogP contribution in [0, 0.1) is 0 Å². The van der Waals surface area contributed by atoms with Gasteiger partial charge in [0.1, 0.15) is 0 Å². The molecular weight excluding hydrogens is 232 g/mol. The first-order chi connectivity index (χ1) is 8.22. The Morgan fingerprint density at radius 3 is 2.47 bits per heavy atom. The van der Waals surface area contributed by atoms with Crippen molar-refractivity contribution in [2.45, 2.75) is 6.04 Å². The van der Waals surface area contributed by atoms with Crippen molar-refractivity contribution in [3.63, 3.8) is 0 Å². The standard InChI is InChI=1S/C14H15ClN2/c1-17-13-8-7-11(15)9-12(13)14(16)10-5-3-2-4-6-10/h2-9,14,17H,16H2,1H3/t14-/m0/s1. The fraction of sp³-hybridized carbons (Fsp3) is 0.143. The molecule has 0 unspecified atom stereocenters. The fourth-order valence-corrected chi connectivity index (χ4v) is 2.04. The van der Waals surface area contributed by atoms with E-state index in [-0.39, 0.29) is 6.04 Å². The summed E-state index contributed by atoms with van der Waals surface area (Å²) in [5.74, 6) is 0. The Labute approximate surface area is 106 Å². The average Bonchev–Trinajstić information content (AvgIpc) is 2.39. The summed E-state index contributed by atoms with van der Waals surface area (Å²) in [5.41, 5.74) is 9.35. The van der Waals surface area contributed by atoms with Gasteiger partial charge in [-0.2, -0.15) is 0 Å². The number of rotatable bonds is 3. The van der Waals surface area contributed by atoms with Gasteiger partial charge in [-0.15, -0.1) is 0 Å². The lowest BCUT2D eigenvalue weighted by Crippen LogP contribution is -2.13. The van der Waals surface area contributed by atoms with Gasteiger partial charge in [0.05, 0.1) is 6.04 Å². The van der Waals surface area contributed by atoms with E-state index in [2.05, 4.69) is 5.32 Å². The molecule has 0 saturated heterocycles. The maximum absolute atomic E-state index is 6.26. The average molecular weight is 247 g/mol. The molecule has 2 nitrogen and oxygen atoms in total. The Bertz CT molecular complexity index is 497. The third-order valence-electron chi connectivity index (χ3n) is 2.78. The Morgan fingerprint density at radius 2 is 1.82 bits per heavy atom. The van der Waals surface area contributed by atoms with E-state index in [9.17, 15) is 0 Å². The second kappa shape index (κ2) is 5.21. The SMILES string of the molecule is CNc1ccc(Cl)cc1[C@@H](N)c1ccccc1. The molecule has 0 aliphatic heterocycles. The van der Waals surface area contributed by atoms with Crippen molar-refractivity contribution in [2.24, 2.45) is 5.73 Å². The van der Waals surface area contributed by atoms with E-state index in [0.717, 1.165) is 16.8 Å². The largest absolute Gasteiger partial charge is 0.388 e. The predicted molar refractivity (Wildman–Crippen MR) is 73.5 cm³/mol. The summed E-state index contributed by atoms with van der Waals surface area (Å²) in [7, 11) is 1.88. The van der Waals surface area contributed by atoms with Crippen LogP contribution in [0.5, 0.6) is 0 Å². The minimum absolute atomic E-state index is 0.169. The summed E-state index contributed by atoms with van der Waals surface area (Å²) < 4.78 is 0. The summed E-state index contributed by atoms with van der Waals surface area (Å²) in [4.78, 5) is 0. The molecule has 0 aliphatic carbocycles. The molecule has 0 radical (unpaired) electrons. The number of anilines is 1. The molecule has 0 heterocycles. The fourth-order valence-electron chi connectivity index (χ4n) is 1.86. The van der Waals surface area contributed by atoms with Crippen LogP contribution in [0.25, 0.3) is 0 Å². The molecule has 0 spiro atoms. The zero-order valence-electron chi connectivity index (χ0n) is 9.65. The minimum atomic E-state index is -0.169. The molecule has 0 aliphatic rings. The van der Waals surface area contributed by atoms with Crippen molar-refractivity contribution in [1.29, 1.82) is 0 Å². The van der Waals surface area contributed by atoms with Crippen molar-refractivity contribution >= 4 is 17.3 Å². The van der Waals surface area contributed by atoms with Crippen LogP contribution in [0.4, 0.5) is 5.69 Å². The van der Waals surface area contributed by atoms with Crippen molar-refractivity contribution in [2.75, 3.05) is 12.4 Å². The molecule has 1 atom stereocenters. The zero-order chi connectivity index (χ0) is 12.3. The van der Waals surface area contributed by atoms with E-state index < -0.39 is 0 Å². The van der Waals surface area contributed by atoms with Gasteiger partial charge in [0.25, 0.3) is 0 Å². The molecule has 2 rings (SSSR count). The maximum atomic E-state index is 6.26. The third-order valence-corrected chi connectivity index (χ3v) is 3.01. The van der Waals surface area contributed by atoms with Crippen LogP contribution < -0.4 is 11.1 Å². The van der Waals surface area contributed by atoms with Gasteiger partial charge in [-0.3, -0.25) is 0 Å². The Balaban J connectivity index is 2.43. The lowest BCUT2D eigenvalue weighted by atomic mass is 9.98. The van der Waals surface area contributed by atoms with Crippen LogP contribution >= 0.6 is 11.6 Å². The highest BCUT2D eigenvalue weighted by Gasteiger charge is 2.12. The van der Waals surface area contributed by atoms with E-state index in [0.29, 0.717) is 5.02 Å². The van der Waals surface area contributed by atoms with Gasteiger partial charge in [0.15, 0.2) is 0 Å². The summed E-state index contributed by atoms with van der Waals surface area (Å²) in [6.45, 7) is 0. The molecular formula is C14H15ClN2. The molecule has 0 saturated carbocycles. The van der Waals surface area contributed by atoms with Crippen LogP contribution in [0.15, 0.2) is 48.5 Å². The van der Waals surface area contributed by atoms with E-state index in [1.165, 1.54) is 0 Å². The first kappa shape index (κ1) is 12.0. The van der Waals surface area contributed by atoms with Gasteiger partial charge in [0.2, 0.25) is 0 Å². The lowest BCUT2D eigenvalue weighted by Gasteiger charge is -2.17. The van der Waals surface area contributed by atoms with Crippen LogP contribution in [0.3, 0.4) is 0 Å². The van der Waals surface area contributed by atoms with E-state index >= 15 is 0 Å². The molecule has 0 fully saturated rings. The van der Waals surface area contributed by atoms with Crippen molar-refractivity contribution < 1.29 is 0 Å². The molecule has 0 amide bonds. The molecule has 0 aromatic heterocycles. The molecule has 2 aromatic rings. The minimum Gasteiger partial charge on any atom is -0.388 e. The smallest absolute Gasteiger partial charge is 0.0572 e. The van der Waals surface area contributed by atoms with E-state index in [1.807, 2.05) is 55.6 Å². The van der Waals surface area contributed by atoms with Crippen molar-refractivity contribution in [3.05, 3.63) is 64.7 Å². The Morgan fingerprint density at radius 1 is 1.12 bits per heavy atom. The third kappa shape index (κ3) is 2.60. The van der Waals surface area contributed by atoms with Gasteiger partial charge in [-0.1, -0.05) is 41.9 Å². The first-order valence-corrected chi connectivity index (χ1v) is 5.88. The summed E-state index contributed by atoms with van der Waals surface area (Å²) in [6.07, 6.45) is 0. The molecule has 2 aromatic carbocycles. The lowest BCUT2D eigenvalue weighted by molar-refractivity contribution is 0.873. The van der Waals surface area contributed by atoms with Gasteiger partial charge >= 0.3 is 0 Å². The van der Waals surface area contributed by atoms with Crippen molar-refractivity contribution in [3.8, 4) is 0 Å². The zero-order valence-corrected chi connectivity index (χ0v) is 10.4. The van der Waals surface area contributed by atoms with E-state index in [4.69, 9.17) is 17.3 Å². The quantitative estimate of drug-likeness (QED) is 0.871. The summed E-state index contributed by atoms with van der Waals surface area (Å²) in [5, 5.41) is 3.83. The van der Waals surface area contributed by atoms with Crippen LogP contribution in [-0.4, -0.2) is 7.05 Å². The first-order valence-electron chi connectivity index (χ1n) is 5.50. The number of hydrogen-bond acceptors (Lipinski definition) is 2. The maximum Gasteiger partial charge on any atom is 0.0572 e. The second-order valence-electron chi connectivity index (χ2n) is 3.87. The number of hydrogen-bond donors (Lipinski definition) is 2. The topological polar surface area (TPSA) is 38.0 Å². The Kier molecular flexibility index (Phi) is 3.67. The van der Waals surface area contributed by atoms with Gasteiger partial charge in [-0.25, -0.2) is 0 Å². The van der Waals surface area contributed by atoms with Crippen LogP contribution in [0.2, 0.25) is 5.02 Å². The monoisotopic (exact) mass is 246 g/mol. The van der Waals surface area contributed by atoms with Crippen molar-refractivity contribution in [1.82, 2.24) is 0 Å². The molecule has 88 valence electrons. The normalized spacial score (nSPS) is 12.2. The Hall–Kier alpha value is -1.51. The molecule has 3 heteroatoms. The van der Waals surface area contributed by atoms with Crippen LogP contribution in [-0.2, 0) is 0 Å². The highest BCUT2D eigenvalue weighted by Crippen LogP contribution is 2.28. The highest BCUT2D eigenvalue weighted by atomic mass is 35.5. The highest BCUT2D eigenvalue weighted by molar-refractivity contribution is 6.30. The number of nitrogens with two attached hydrogens (primary N) is 1. The number of nitrogens with one attached hydrogen (secondary N) is 1. The summed E-state index contributed by atoms with van der Waals surface area (Å²) in [6, 6.07) is 15.5. The molecule has 3 N–H and O–H groups in total. The summed E-state index contributed by atoms with van der Waals surface area (Å²) >= 11 is 6.02. The molecule has 17 heavy (non-hydrogen) atoms. The second-order valence-corrected chi connectivity index (χ2v) is 4.31. The van der Waals surface area contributed by atoms with Gasteiger partial charge in [0, 0.05) is 17.8 Å². The van der Waals surface area contributed by atoms with Gasteiger partial charge < -0.3 is 11.1 Å². The van der Waals surface area contributed by atoms with E-state index in [1.54, 1.807) is 0 Å². The molecule has 0 bridgehead atoms. The number of halogens is 1. The number of benzene rings is 2.